The largest absolute Gasteiger partial charge is 0.298 e. The Morgan fingerprint density at radius 1 is 0.923 bits per heavy atom. The first-order valence-corrected chi connectivity index (χ1v) is 5.63. The predicted molar refractivity (Wildman–Crippen MR) is 67.7 cm³/mol. The zero-order chi connectivity index (χ0) is 8.39. The van der Waals surface area contributed by atoms with Gasteiger partial charge in [0.2, 0.25) is 0 Å². The van der Waals surface area contributed by atoms with Crippen LogP contribution in [0.2, 0.25) is 0 Å². The summed E-state index contributed by atoms with van der Waals surface area (Å²) in [6.45, 7) is 3.79. The lowest BCUT2D eigenvalue weighted by atomic mass is 9.94. The minimum absolute atomic E-state index is 0. The summed E-state index contributed by atoms with van der Waals surface area (Å²) in [6.07, 6.45) is 10.3. The molecule has 1 heterocycles. The molecule has 1 aliphatic heterocycles. The standard InChI is InChI=1S/C11H21N.HI/c1-10-6-5-9-12(10)11-7-3-2-4-8-11;/h10-11H,2-9H2,1H3;1H. The van der Waals surface area contributed by atoms with Crippen LogP contribution in [-0.4, -0.2) is 23.5 Å². The molecule has 0 bridgehead atoms. The molecule has 0 spiro atoms. The van der Waals surface area contributed by atoms with Gasteiger partial charge in [0.05, 0.1) is 0 Å². The fourth-order valence-electron chi connectivity index (χ4n) is 2.91. The van der Waals surface area contributed by atoms with Gasteiger partial charge in [-0.2, -0.15) is 0 Å². The predicted octanol–water partition coefficient (Wildman–Crippen LogP) is 3.42. The number of hydrogen-bond donors (Lipinski definition) is 0. The van der Waals surface area contributed by atoms with E-state index in [1.165, 1.54) is 51.5 Å². The fraction of sp³-hybridized carbons (Fsp3) is 1.00. The van der Waals surface area contributed by atoms with Crippen LogP contribution in [0, 0.1) is 0 Å². The van der Waals surface area contributed by atoms with E-state index in [9.17, 15) is 0 Å². The van der Waals surface area contributed by atoms with E-state index in [1.54, 1.807) is 0 Å². The lowest BCUT2D eigenvalue weighted by Gasteiger charge is -2.34. The second-order valence-electron chi connectivity index (χ2n) is 4.52. The fourth-order valence-corrected chi connectivity index (χ4v) is 2.91. The van der Waals surface area contributed by atoms with Gasteiger partial charge >= 0.3 is 0 Å². The molecule has 1 saturated heterocycles. The number of hydrogen-bond acceptors (Lipinski definition) is 1. The maximum Gasteiger partial charge on any atom is 0.00980 e. The van der Waals surface area contributed by atoms with Crippen LogP contribution in [0.1, 0.15) is 51.9 Å². The highest BCUT2D eigenvalue weighted by Gasteiger charge is 2.28. The van der Waals surface area contributed by atoms with Gasteiger partial charge < -0.3 is 0 Å². The van der Waals surface area contributed by atoms with Crippen LogP contribution in [-0.2, 0) is 0 Å². The van der Waals surface area contributed by atoms with E-state index in [1.807, 2.05) is 0 Å². The SMILES string of the molecule is CC1CCCN1C1CCCCC1.I. The Kier molecular flexibility index (Phi) is 5.01. The van der Waals surface area contributed by atoms with Gasteiger partial charge in [0.15, 0.2) is 0 Å². The normalized spacial score (nSPS) is 31.6. The summed E-state index contributed by atoms with van der Waals surface area (Å²) < 4.78 is 0. The van der Waals surface area contributed by atoms with E-state index in [-0.39, 0.29) is 24.0 Å². The Bertz CT molecular complexity index is 143. The molecular formula is C11H22IN. The summed E-state index contributed by atoms with van der Waals surface area (Å²) in [5.41, 5.74) is 0. The van der Waals surface area contributed by atoms with Crippen LogP contribution in [0.3, 0.4) is 0 Å². The Morgan fingerprint density at radius 2 is 1.62 bits per heavy atom. The van der Waals surface area contributed by atoms with Crippen molar-refractivity contribution in [1.82, 2.24) is 4.90 Å². The Labute approximate surface area is 99.3 Å². The van der Waals surface area contributed by atoms with E-state index in [4.69, 9.17) is 0 Å². The molecule has 0 aromatic rings. The molecule has 0 aromatic carbocycles. The molecule has 2 aliphatic rings. The zero-order valence-corrected chi connectivity index (χ0v) is 11.0. The molecule has 2 rings (SSSR count). The van der Waals surface area contributed by atoms with Gasteiger partial charge in [-0.1, -0.05) is 19.3 Å². The molecule has 2 fully saturated rings. The number of rotatable bonds is 1. The quantitative estimate of drug-likeness (QED) is 0.670. The van der Waals surface area contributed by atoms with E-state index < -0.39 is 0 Å². The average Bonchev–Trinajstić information content (AvgIpc) is 2.53. The molecule has 0 amide bonds. The van der Waals surface area contributed by atoms with E-state index in [0.717, 1.165) is 12.1 Å². The van der Waals surface area contributed by atoms with Crippen LogP contribution in [0.4, 0.5) is 0 Å². The van der Waals surface area contributed by atoms with Crippen LogP contribution in [0.25, 0.3) is 0 Å². The van der Waals surface area contributed by atoms with Crippen LogP contribution in [0.15, 0.2) is 0 Å². The van der Waals surface area contributed by atoms with Crippen LogP contribution < -0.4 is 0 Å². The first-order valence-electron chi connectivity index (χ1n) is 5.63. The lowest BCUT2D eigenvalue weighted by Crippen LogP contribution is -2.38. The molecule has 2 heteroatoms. The molecular weight excluding hydrogens is 273 g/mol. The molecule has 1 nitrogen and oxygen atoms in total. The molecule has 0 radical (unpaired) electrons. The Morgan fingerprint density at radius 3 is 2.15 bits per heavy atom. The van der Waals surface area contributed by atoms with Crippen LogP contribution >= 0.6 is 24.0 Å². The van der Waals surface area contributed by atoms with Crippen molar-refractivity contribution in [2.24, 2.45) is 0 Å². The van der Waals surface area contributed by atoms with E-state index in [2.05, 4.69) is 11.8 Å². The van der Waals surface area contributed by atoms with Crippen molar-refractivity contribution in [2.45, 2.75) is 64.0 Å². The van der Waals surface area contributed by atoms with Crippen molar-refractivity contribution in [3.05, 3.63) is 0 Å². The molecule has 78 valence electrons. The van der Waals surface area contributed by atoms with Gasteiger partial charge in [-0.25, -0.2) is 0 Å². The Hall–Kier alpha value is 0.690. The third-order valence-corrected chi connectivity index (χ3v) is 3.65. The highest BCUT2D eigenvalue weighted by molar-refractivity contribution is 14.0. The number of likely N-dealkylation sites (tertiary alicyclic amines) is 1. The average molecular weight is 295 g/mol. The molecule has 1 saturated carbocycles. The minimum atomic E-state index is 0. The summed E-state index contributed by atoms with van der Waals surface area (Å²) in [5, 5.41) is 0. The second kappa shape index (κ2) is 5.54. The highest BCUT2D eigenvalue weighted by Crippen LogP contribution is 2.28. The lowest BCUT2D eigenvalue weighted by molar-refractivity contribution is 0.150. The third-order valence-electron chi connectivity index (χ3n) is 3.65. The minimum Gasteiger partial charge on any atom is -0.298 e. The molecule has 13 heavy (non-hydrogen) atoms. The first kappa shape index (κ1) is 11.8. The summed E-state index contributed by atoms with van der Waals surface area (Å²) >= 11 is 0. The van der Waals surface area contributed by atoms with E-state index >= 15 is 0 Å². The van der Waals surface area contributed by atoms with Gasteiger partial charge in [-0.05, 0) is 39.2 Å². The van der Waals surface area contributed by atoms with Gasteiger partial charge in [-0.3, -0.25) is 4.90 Å². The third kappa shape index (κ3) is 2.82. The highest BCUT2D eigenvalue weighted by atomic mass is 127. The molecule has 0 aromatic heterocycles. The first-order chi connectivity index (χ1) is 5.88. The summed E-state index contributed by atoms with van der Waals surface area (Å²) in [5.74, 6) is 0. The molecule has 1 unspecified atom stereocenters. The molecule has 1 aliphatic carbocycles. The van der Waals surface area contributed by atoms with Crippen molar-refractivity contribution in [2.75, 3.05) is 6.54 Å². The van der Waals surface area contributed by atoms with Crippen molar-refractivity contribution in [3.63, 3.8) is 0 Å². The summed E-state index contributed by atoms with van der Waals surface area (Å²) in [7, 11) is 0. The summed E-state index contributed by atoms with van der Waals surface area (Å²) in [4.78, 5) is 2.76. The van der Waals surface area contributed by atoms with Gasteiger partial charge in [-0.15, -0.1) is 24.0 Å². The second-order valence-corrected chi connectivity index (χ2v) is 4.52. The topological polar surface area (TPSA) is 3.24 Å². The maximum absolute atomic E-state index is 2.76. The van der Waals surface area contributed by atoms with Gasteiger partial charge in [0, 0.05) is 12.1 Å². The Balaban J connectivity index is 0.000000845. The number of nitrogens with zero attached hydrogens (tertiary/aromatic N) is 1. The van der Waals surface area contributed by atoms with Gasteiger partial charge in [0.1, 0.15) is 0 Å². The number of halogens is 1. The van der Waals surface area contributed by atoms with E-state index in [0.29, 0.717) is 0 Å². The zero-order valence-electron chi connectivity index (χ0n) is 8.67. The summed E-state index contributed by atoms with van der Waals surface area (Å²) in [6, 6.07) is 1.84. The maximum atomic E-state index is 2.76. The van der Waals surface area contributed by atoms with Crippen LogP contribution in [0.5, 0.6) is 0 Å². The molecule has 0 N–H and O–H groups in total. The molecule has 1 atom stereocenters. The van der Waals surface area contributed by atoms with Gasteiger partial charge in [0.25, 0.3) is 0 Å². The van der Waals surface area contributed by atoms with Crippen molar-refractivity contribution >= 4 is 24.0 Å². The van der Waals surface area contributed by atoms with Crippen molar-refractivity contribution < 1.29 is 0 Å². The smallest absolute Gasteiger partial charge is 0.00980 e. The van der Waals surface area contributed by atoms with Crippen molar-refractivity contribution in [3.8, 4) is 0 Å². The monoisotopic (exact) mass is 295 g/mol. The van der Waals surface area contributed by atoms with Crippen molar-refractivity contribution in [1.29, 1.82) is 0 Å².